The molecular formula is C29H34N10O2. The Bertz CT molecular complexity index is 1650. The summed E-state index contributed by atoms with van der Waals surface area (Å²) in [6.07, 6.45) is 6.39. The maximum Gasteiger partial charge on any atom is 0.277 e. The summed E-state index contributed by atoms with van der Waals surface area (Å²) in [5.74, 6) is 0.762. The minimum atomic E-state index is -0.393. The average molecular weight is 555 g/mol. The summed E-state index contributed by atoms with van der Waals surface area (Å²) < 4.78 is 3.94. The molecule has 1 aromatic carbocycles. The number of nitrogens with zero attached hydrogens (tertiary/aromatic N) is 8. The van der Waals surface area contributed by atoms with Crippen LogP contribution in [0.2, 0.25) is 0 Å². The molecular weight excluding hydrogens is 520 g/mol. The molecule has 4 aromatic rings. The van der Waals surface area contributed by atoms with Gasteiger partial charge in [-0.3, -0.25) is 14.5 Å². The van der Waals surface area contributed by atoms with Gasteiger partial charge in [-0.25, -0.2) is 19.6 Å². The van der Waals surface area contributed by atoms with Gasteiger partial charge in [-0.05, 0) is 56.0 Å². The zero-order valence-corrected chi connectivity index (χ0v) is 23.4. The SMILES string of the molecule is C=CC(=O)N1CCC[C@@H](n2nc(C(=O)Nc3ccc(CN4CCn5cc(C)nc5C4)c(C)c3)c3c(N)ncnc32)C1. The number of aromatic nitrogens is 6. The van der Waals surface area contributed by atoms with Crippen molar-refractivity contribution in [3.63, 3.8) is 0 Å². The molecule has 6 rings (SSSR count). The van der Waals surface area contributed by atoms with Crippen molar-refractivity contribution in [1.29, 1.82) is 0 Å². The van der Waals surface area contributed by atoms with Gasteiger partial charge in [0.05, 0.1) is 23.7 Å². The topological polar surface area (TPSA) is 140 Å². The van der Waals surface area contributed by atoms with Crippen LogP contribution in [-0.4, -0.2) is 70.5 Å². The standard InChI is InChI=1S/C29H34N10O2/c1-4-24(40)38-9-5-6-22(15-38)39-28-25(27(30)31-17-32-28)26(35-39)29(41)34-21-8-7-20(18(2)12-21)14-36-10-11-37-13-19(3)33-23(37)16-36/h4,7-8,12-13,17,22H,1,5-6,9-11,14-16H2,2-3H3,(H,34,41)(H2,30,31,32)/t22-/m1/s1. The Labute approximate surface area is 237 Å². The van der Waals surface area contributed by atoms with Crippen molar-refractivity contribution in [2.45, 2.75) is 52.4 Å². The minimum Gasteiger partial charge on any atom is -0.383 e. The van der Waals surface area contributed by atoms with E-state index in [-0.39, 0.29) is 23.5 Å². The van der Waals surface area contributed by atoms with Gasteiger partial charge in [-0.15, -0.1) is 0 Å². The van der Waals surface area contributed by atoms with Gasteiger partial charge in [0.2, 0.25) is 5.91 Å². The van der Waals surface area contributed by atoms with Gasteiger partial charge in [0.25, 0.3) is 5.91 Å². The van der Waals surface area contributed by atoms with E-state index in [9.17, 15) is 9.59 Å². The quantitative estimate of drug-likeness (QED) is 0.347. The first kappa shape index (κ1) is 26.6. The van der Waals surface area contributed by atoms with Crippen LogP contribution in [0.15, 0.2) is 43.4 Å². The van der Waals surface area contributed by atoms with E-state index in [1.54, 1.807) is 9.58 Å². The van der Waals surface area contributed by atoms with E-state index >= 15 is 0 Å². The number of piperidine rings is 1. The van der Waals surface area contributed by atoms with Crippen LogP contribution >= 0.6 is 0 Å². The van der Waals surface area contributed by atoms with Crippen molar-refractivity contribution in [3.8, 4) is 0 Å². The maximum atomic E-state index is 13.5. The van der Waals surface area contributed by atoms with Crippen LogP contribution in [0.25, 0.3) is 11.0 Å². The summed E-state index contributed by atoms with van der Waals surface area (Å²) >= 11 is 0. The number of carbonyl (C=O) groups is 2. The first-order valence-electron chi connectivity index (χ1n) is 13.9. The Morgan fingerprint density at radius 2 is 2.05 bits per heavy atom. The van der Waals surface area contributed by atoms with Gasteiger partial charge in [0.15, 0.2) is 11.3 Å². The van der Waals surface area contributed by atoms with Gasteiger partial charge in [-0.1, -0.05) is 12.6 Å². The number of nitrogens with two attached hydrogens (primary N) is 1. The predicted octanol–water partition coefficient (Wildman–Crippen LogP) is 2.84. The van der Waals surface area contributed by atoms with Gasteiger partial charge in [0, 0.05) is 44.6 Å². The lowest BCUT2D eigenvalue weighted by Gasteiger charge is -2.32. The summed E-state index contributed by atoms with van der Waals surface area (Å²) in [6.45, 7) is 12.3. The Morgan fingerprint density at radius 3 is 2.85 bits per heavy atom. The molecule has 0 spiro atoms. The van der Waals surface area contributed by atoms with Crippen LogP contribution in [-0.2, 0) is 24.4 Å². The molecule has 41 heavy (non-hydrogen) atoms. The van der Waals surface area contributed by atoms with E-state index in [2.05, 4.69) is 60.6 Å². The largest absolute Gasteiger partial charge is 0.383 e. The molecule has 2 amide bonds. The van der Waals surface area contributed by atoms with Gasteiger partial charge < -0.3 is 20.5 Å². The molecule has 0 bridgehead atoms. The van der Waals surface area contributed by atoms with E-state index in [0.717, 1.165) is 56.1 Å². The monoisotopic (exact) mass is 554 g/mol. The lowest BCUT2D eigenvalue weighted by molar-refractivity contribution is -0.127. The third-order valence-electron chi connectivity index (χ3n) is 7.96. The van der Waals surface area contributed by atoms with Crippen LogP contribution in [0.1, 0.15) is 52.0 Å². The third-order valence-corrected chi connectivity index (χ3v) is 7.96. The number of carbonyl (C=O) groups excluding carboxylic acids is 2. The molecule has 12 nitrogen and oxygen atoms in total. The number of hydrogen-bond donors (Lipinski definition) is 2. The first-order valence-corrected chi connectivity index (χ1v) is 13.9. The summed E-state index contributed by atoms with van der Waals surface area (Å²) in [7, 11) is 0. The van der Waals surface area contributed by atoms with Gasteiger partial charge >= 0.3 is 0 Å². The van der Waals surface area contributed by atoms with Crippen LogP contribution in [0.4, 0.5) is 11.5 Å². The number of rotatable bonds is 6. The van der Waals surface area contributed by atoms with Crippen molar-refractivity contribution in [2.24, 2.45) is 0 Å². The first-order chi connectivity index (χ1) is 19.8. The molecule has 1 atom stereocenters. The zero-order chi connectivity index (χ0) is 28.7. The van der Waals surface area contributed by atoms with E-state index in [0.29, 0.717) is 29.8 Å². The van der Waals surface area contributed by atoms with Crippen molar-refractivity contribution in [2.75, 3.05) is 30.7 Å². The van der Waals surface area contributed by atoms with E-state index < -0.39 is 5.91 Å². The minimum absolute atomic E-state index is 0.126. The fourth-order valence-corrected chi connectivity index (χ4v) is 5.85. The molecule has 212 valence electrons. The third kappa shape index (κ3) is 5.18. The Balaban J connectivity index is 1.21. The number of likely N-dealkylation sites (tertiary alicyclic amines) is 1. The molecule has 0 radical (unpaired) electrons. The highest BCUT2D eigenvalue weighted by Crippen LogP contribution is 2.29. The molecule has 0 saturated carbocycles. The molecule has 2 aliphatic heterocycles. The molecule has 0 unspecified atom stereocenters. The predicted molar refractivity (Wildman–Crippen MR) is 155 cm³/mol. The number of benzene rings is 1. The fourth-order valence-electron chi connectivity index (χ4n) is 5.85. The Morgan fingerprint density at radius 1 is 1.20 bits per heavy atom. The second-order valence-electron chi connectivity index (χ2n) is 10.8. The van der Waals surface area contributed by atoms with Gasteiger partial charge in [0.1, 0.15) is 18.0 Å². The van der Waals surface area contributed by atoms with Crippen molar-refractivity contribution in [3.05, 3.63) is 71.7 Å². The normalized spacial score (nSPS) is 17.4. The Hall–Kier alpha value is -4.58. The molecule has 3 aromatic heterocycles. The second kappa shape index (κ2) is 10.8. The zero-order valence-electron chi connectivity index (χ0n) is 23.4. The Kier molecular flexibility index (Phi) is 7.00. The van der Waals surface area contributed by atoms with Gasteiger partial charge in [-0.2, -0.15) is 5.10 Å². The summed E-state index contributed by atoms with van der Waals surface area (Å²) in [5, 5.41) is 8.06. The second-order valence-corrected chi connectivity index (χ2v) is 10.8. The molecule has 3 N–H and O–H groups in total. The van der Waals surface area contributed by atoms with Crippen LogP contribution < -0.4 is 11.1 Å². The molecule has 5 heterocycles. The summed E-state index contributed by atoms with van der Waals surface area (Å²) in [6, 6.07) is 5.79. The fraction of sp³-hybridized carbons (Fsp3) is 0.379. The van der Waals surface area contributed by atoms with Crippen LogP contribution in [0, 0.1) is 13.8 Å². The maximum absolute atomic E-state index is 13.5. The lowest BCUT2D eigenvalue weighted by atomic mass is 10.1. The van der Waals surface area contributed by atoms with Crippen molar-refractivity contribution >= 4 is 34.4 Å². The highest BCUT2D eigenvalue weighted by molar-refractivity contribution is 6.13. The molecule has 1 saturated heterocycles. The van der Waals surface area contributed by atoms with E-state index in [1.165, 1.54) is 18.0 Å². The van der Waals surface area contributed by atoms with E-state index in [4.69, 9.17) is 5.73 Å². The number of fused-ring (bicyclic) bond motifs is 2. The number of hydrogen-bond acceptors (Lipinski definition) is 8. The molecule has 1 fully saturated rings. The molecule has 2 aliphatic rings. The van der Waals surface area contributed by atoms with E-state index in [1.807, 2.05) is 19.1 Å². The molecule has 12 heteroatoms. The van der Waals surface area contributed by atoms with Crippen molar-refractivity contribution in [1.82, 2.24) is 39.1 Å². The van der Waals surface area contributed by atoms with Crippen LogP contribution in [0.5, 0.6) is 0 Å². The lowest BCUT2D eigenvalue weighted by Crippen LogP contribution is -2.40. The average Bonchev–Trinajstić information content (AvgIpc) is 3.54. The number of anilines is 2. The smallest absolute Gasteiger partial charge is 0.277 e. The van der Waals surface area contributed by atoms with Crippen LogP contribution in [0.3, 0.4) is 0 Å². The number of amides is 2. The van der Waals surface area contributed by atoms with Crippen molar-refractivity contribution < 1.29 is 9.59 Å². The number of imidazole rings is 1. The summed E-state index contributed by atoms with van der Waals surface area (Å²) in [4.78, 5) is 43.1. The molecule has 0 aliphatic carbocycles. The highest BCUT2D eigenvalue weighted by Gasteiger charge is 2.29. The highest BCUT2D eigenvalue weighted by atomic mass is 16.2. The summed E-state index contributed by atoms with van der Waals surface area (Å²) in [5.41, 5.74) is 10.8. The number of nitrogen functional groups attached to an aromatic ring is 1. The number of nitrogens with one attached hydrogen (secondary N) is 1. The number of aryl methyl sites for hydroxylation is 2.